The summed E-state index contributed by atoms with van der Waals surface area (Å²) in [6.07, 6.45) is 0.715. The van der Waals surface area contributed by atoms with Crippen LogP contribution in [0.15, 0.2) is 0 Å². The summed E-state index contributed by atoms with van der Waals surface area (Å²) in [6, 6.07) is 0. The number of nitrogens with two attached hydrogens (primary N) is 1. The van der Waals surface area contributed by atoms with Crippen LogP contribution in [0.3, 0.4) is 0 Å². The molecule has 5 N–H and O–H groups in total. The van der Waals surface area contributed by atoms with E-state index in [4.69, 9.17) is 15.5 Å². The molecule has 0 radical (unpaired) electrons. The van der Waals surface area contributed by atoms with Crippen LogP contribution in [0.1, 0.15) is 0 Å². The molecule has 9 nitrogen and oxygen atoms in total. The van der Waals surface area contributed by atoms with Gasteiger partial charge in [-0.2, -0.15) is 13.7 Å². The molecule has 0 aliphatic heterocycles. The van der Waals surface area contributed by atoms with Gasteiger partial charge in [0.1, 0.15) is 6.54 Å². The molecule has 90 valence electrons. The lowest BCUT2D eigenvalue weighted by Gasteiger charge is -1.98. The first-order valence-corrected chi connectivity index (χ1v) is 5.29. The lowest BCUT2D eigenvalue weighted by molar-refractivity contribution is -0.233. The normalized spacial score (nSPS) is 9.60. The quantitative estimate of drug-likeness (QED) is 0.243. The van der Waals surface area contributed by atoms with E-state index in [1.165, 1.54) is 0 Å². The van der Waals surface area contributed by atoms with Crippen molar-refractivity contribution in [2.45, 2.75) is 0 Å². The summed E-state index contributed by atoms with van der Waals surface area (Å²) in [5.74, 6) is -1.41. The highest BCUT2D eigenvalue weighted by molar-refractivity contribution is 7.85. The van der Waals surface area contributed by atoms with E-state index in [9.17, 15) is 18.0 Å². The number of amides is 1. The van der Waals surface area contributed by atoms with Crippen molar-refractivity contribution in [3.8, 4) is 0 Å². The SMILES string of the molecule is CS(=O)(=O)O.NCC(=O)NCC(=O)OO. The van der Waals surface area contributed by atoms with E-state index in [0.717, 1.165) is 0 Å². The van der Waals surface area contributed by atoms with Crippen molar-refractivity contribution in [2.24, 2.45) is 5.73 Å². The van der Waals surface area contributed by atoms with E-state index in [2.05, 4.69) is 10.2 Å². The van der Waals surface area contributed by atoms with Gasteiger partial charge in [0.05, 0.1) is 12.8 Å². The molecule has 0 bridgehead atoms. The number of nitrogens with one attached hydrogen (secondary N) is 1. The van der Waals surface area contributed by atoms with Crippen LogP contribution < -0.4 is 11.1 Å². The van der Waals surface area contributed by atoms with Crippen LogP contribution in [0.5, 0.6) is 0 Å². The summed E-state index contributed by atoms with van der Waals surface area (Å²) in [6.45, 7) is -0.564. The first kappa shape index (κ1) is 16.2. The third-order valence-electron chi connectivity index (χ3n) is 0.717. The lowest BCUT2D eigenvalue weighted by Crippen LogP contribution is -2.34. The molecule has 0 saturated carbocycles. The molecule has 0 aliphatic rings. The van der Waals surface area contributed by atoms with Gasteiger partial charge in [-0.3, -0.25) is 14.2 Å². The monoisotopic (exact) mass is 244 g/mol. The summed E-state index contributed by atoms with van der Waals surface area (Å²) >= 11 is 0. The van der Waals surface area contributed by atoms with Crippen LogP contribution >= 0.6 is 0 Å². The van der Waals surface area contributed by atoms with Gasteiger partial charge in [0.2, 0.25) is 5.91 Å². The smallest absolute Gasteiger partial charge is 0.344 e. The first-order chi connectivity index (χ1) is 6.70. The largest absolute Gasteiger partial charge is 0.360 e. The Kier molecular flexibility index (Phi) is 8.76. The summed E-state index contributed by atoms with van der Waals surface area (Å²) in [5.41, 5.74) is 4.87. The standard InChI is InChI=1S/C4H8N2O4.CH4O3S/c5-1-3(7)6-2-4(8)10-9;1-5(2,3)4/h9H,1-2,5H2,(H,6,7);1H3,(H,2,3,4). The molecule has 0 atom stereocenters. The van der Waals surface area contributed by atoms with E-state index in [1.807, 2.05) is 0 Å². The lowest BCUT2D eigenvalue weighted by atomic mass is 10.5. The van der Waals surface area contributed by atoms with Crippen molar-refractivity contribution in [3.05, 3.63) is 0 Å². The summed E-state index contributed by atoms with van der Waals surface area (Å²) in [7, 11) is -3.67. The Morgan fingerprint density at radius 3 is 2.13 bits per heavy atom. The molecule has 1 amide bonds. The minimum atomic E-state index is -3.67. The van der Waals surface area contributed by atoms with Crippen LogP contribution in [0.25, 0.3) is 0 Å². The van der Waals surface area contributed by atoms with E-state index in [0.29, 0.717) is 6.26 Å². The fourth-order valence-corrected chi connectivity index (χ4v) is 0.275. The molecule has 0 heterocycles. The van der Waals surface area contributed by atoms with Gasteiger partial charge < -0.3 is 11.1 Å². The van der Waals surface area contributed by atoms with Gasteiger partial charge in [0, 0.05) is 0 Å². The van der Waals surface area contributed by atoms with Crippen LogP contribution in [0.2, 0.25) is 0 Å². The van der Waals surface area contributed by atoms with Crippen LogP contribution in [-0.2, 0) is 24.6 Å². The van der Waals surface area contributed by atoms with Crippen molar-refractivity contribution in [3.63, 3.8) is 0 Å². The molecule has 0 saturated heterocycles. The molecule has 0 aliphatic carbocycles. The predicted octanol–water partition coefficient (Wildman–Crippen LogP) is -2.42. The second-order valence-corrected chi connectivity index (χ2v) is 3.64. The highest BCUT2D eigenvalue weighted by Crippen LogP contribution is 1.68. The molecule has 10 heteroatoms. The van der Waals surface area contributed by atoms with Gasteiger partial charge in [-0.25, -0.2) is 4.79 Å². The topological polar surface area (TPSA) is 156 Å². The second-order valence-electron chi connectivity index (χ2n) is 2.18. The van der Waals surface area contributed by atoms with Crippen molar-refractivity contribution in [1.82, 2.24) is 5.32 Å². The van der Waals surface area contributed by atoms with Gasteiger partial charge in [-0.1, -0.05) is 0 Å². The second kappa shape index (κ2) is 8.11. The predicted molar refractivity (Wildman–Crippen MR) is 48.3 cm³/mol. The Bertz CT molecular complexity index is 275. The Balaban J connectivity index is 0. The summed E-state index contributed by atoms with van der Waals surface area (Å²) < 4.78 is 25.9. The van der Waals surface area contributed by atoms with Crippen molar-refractivity contribution >= 4 is 22.0 Å². The van der Waals surface area contributed by atoms with Gasteiger partial charge in [0.15, 0.2) is 0 Å². The number of hydrogen-bond donors (Lipinski definition) is 4. The zero-order chi connectivity index (χ0) is 12.5. The molecule has 0 fully saturated rings. The molecule has 0 unspecified atom stereocenters. The number of carbonyl (C=O) groups is 2. The van der Waals surface area contributed by atoms with E-state index in [-0.39, 0.29) is 13.1 Å². The molecule has 0 aromatic carbocycles. The highest BCUT2D eigenvalue weighted by Gasteiger charge is 2.02. The Hall–Kier alpha value is -1.23. The Morgan fingerprint density at radius 2 is 1.87 bits per heavy atom. The van der Waals surface area contributed by atoms with Crippen LogP contribution in [0, 0.1) is 0 Å². The zero-order valence-corrected chi connectivity index (χ0v) is 8.65. The minimum Gasteiger partial charge on any atom is -0.344 e. The van der Waals surface area contributed by atoms with Crippen molar-refractivity contribution in [1.29, 1.82) is 0 Å². The molecule has 0 rings (SSSR count). The van der Waals surface area contributed by atoms with Gasteiger partial charge in [0.25, 0.3) is 10.1 Å². The minimum absolute atomic E-state index is 0.196. The van der Waals surface area contributed by atoms with Gasteiger partial charge >= 0.3 is 5.97 Å². The first-order valence-electron chi connectivity index (χ1n) is 3.44. The molecular weight excluding hydrogens is 232 g/mol. The van der Waals surface area contributed by atoms with Crippen molar-refractivity contribution in [2.75, 3.05) is 19.3 Å². The third kappa shape index (κ3) is 24.5. The van der Waals surface area contributed by atoms with Crippen LogP contribution in [0.4, 0.5) is 0 Å². The number of rotatable bonds is 3. The average molecular weight is 244 g/mol. The molecule has 0 aromatic heterocycles. The molecular formula is C5H12N2O7S. The van der Waals surface area contributed by atoms with Gasteiger partial charge in [-0.15, -0.1) is 0 Å². The van der Waals surface area contributed by atoms with Crippen LogP contribution in [-0.4, -0.2) is 49.4 Å². The summed E-state index contributed by atoms with van der Waals surface area (Å²) in [5, 5.41) is 9.77. The van der Waals surface area contributed by atoms with E-state index in [1.54, 1.807) is 0 Å². The summed E-state index contributed by atoms with van der Waals surface area (Å²) in [4.78, 5) is 23.7. The third-order valence-corrected chi connectivity index (χ3v) is 0.717. The maximum atomic E-state index is 10.3. The molecule has 0 spiro atoms. The van der Waals surface area contributed by atoms with Gasteiger partial charge in [-0.05, 0) is 0 Å². The Morgan fingerprint density at radius 1 is 1.47 bits per heavy atom. The fourth-order valence-electron chi connectivity index (χ4n) is 0.275. The average Bonchev–Trinajstić information content (AvgIpc) is 2.10. The van der Waals surface area contributed by atoms with E-state index < -0.39 is 22.0 Å². The molecule has 15 heavy (non-hydrogen) atoms. The maximum absolute atomic E-state index is 10.3. The highest BCUT2D eigenvalue weighted by atomic mass is 32.2. The fraction of sp³-hybridized carbons (Fsp3) is 0.600. The Labute approximate surface area is 85.9 Å². The number of hydrogen-bond acceptors (Lipinski definition) is 7. The molecule has 0 aromatic rings. The maximum Gasteiger partial charge on any atom is 0.360 e. The zero-order valence-electron chi connectivity index (χ0n) is 7.84. The number of carbonyl (C=O) groups excluding carboxylic acids is 2. The van der Waals surface area contributed by atoms with Crippen molar-refractivity contribution < 1.29 is 32.7 Å². The van der Waals surface area contributed by atoms with E-state index >= 15 is 0 Å².